The minimum atomic E-state index is -0.147. The van der Waals surface area contributed by atoms with E-state index in [1.165, 1.54) is 0 Å². The molecule has 5 heteroatoms. The van der Waals surface area contributed by atoms with E-state index < -0.39 is 0 Å². The zero-order valence-electron chi connectivity index (χ0n) is 8.70. The minimum Gasteiger partial charge on any atom is -0.309 e. The number of aromatic nitrogens is 3. The molecule has 0 aromatic carbocycles. The third-order valence-corrected chi connectivity index (χ3v) is 3.11. The van der Waals surface area contributed by atoms with Gasteiger partial charge in [-0.05, 0) is 34.5 Å². The first kappa shape index (κ1) is 11.0. The van der Waals surface area contributed by atoms with Crippen molar-refractivity contribution < 1.29 is 0 Å². The van der Waals surface area contributed by atoms with Crippen molar-refractivity contribution in [2.45, 2.75) is 13.3 Å². The Morgan fingerprint density at radius 2 is 2.31 bits per heavy atom. The van der Waals surface area contributed by atoms with Gasteiger partial charge in [-0.2, -0.15) is 0 Å². The molecule has 0 atom stereocenters. The van der Waals surface area contributed by atoms with E-state index in [4.69, 9.17) is 0 Å². The molecule has 0 spiro atoms. The van der Waals surface area contributed by atoms with Gasteiger partial charge in [-0.25, -0.2) is 4.98 Å². The maximum absolute atomic E-state index is 11.5. The summed E-state index contributed by atoms with van der Waals surface area (Å²) in [7, 11) is 0. The lowest BCUT2D eigenvalue weighted by Crippen LogP contribution is -2.14. The van der Waals surface area contributed by atoms with Gasteiger partial charge >= 0.3 is 0 Å². The number of aryl methyl sites for hydroxylation is 1. The van der Waals surface area contributed by atoms with Crippen LogP contribution in [0.4, 0.5) is 0 Å². The topological polar surface area (TPSA) is 58.6 Å². The Bertz CT molecular complexity index is 551. The zero-order valence-corrected chi connectivity index (χ0v) is 10.3. The molecule has 4 nitrogen and oxygen atoms in total. The van der Waals surface area contributed by atoms with Crippen molar-refractivity contribution in [3.8, 4) is 0 Å². The van der Waals surface area contributed by atoms with Crippen LogP contribution >= 0.6 is 15.9 Å². The van der Waals surface area contributed by atoms with Gasteiger partial charge in [-0.3, -0.25) is 9.78 Å². The van der Waals surface area contributed by atoms with Crippen molar-refractivity contribution in [3.05, 3.63) is 56.4 Å². The van der Waals surface area contributed by atoms with Gasteiger partial charge in [0.2, 0.25) is 0 Å². The maximum Gasteiger partial charge on any atom is 0.265 e. The molecule has 0 aliphatic carbocycles. The van der Waals surface area contributed by atoms with E-state index >= 15 is 0 Å². The fraction of sp³-hybridized carbons (Fsp3) is 0.182. The molecule has 2 aromatic heterocycles. The summed E-state index contributed by atoms with van der Waals surface area (Å²) in [6, 6.07) is 3.81. The highest BCUT2D eigenvalue weighted by Gasteiger charge is 2.05. The molecule has 0 aliphatic heterocycles. The largest absolute Gasteiger partial charge is 0.309 e. The Labute approximate surface area is 101 Å². The van der Waals surface area contributed by atoms with Crippen LogP contribution < -0.4 is 5.56 Å². The van der Waals surface area contributed by atoms with Crippen LogP contribution in [-0.2, 0) is 6.42 Å². The van der Waals surface area contributed by atoms with Gasteiger partial charge < -0.3 is 4.98 Å². The van der Waals surface area contributed by atoms with Crippen LogP contribution in [0.1, 0.15) is 17.1 Å². The number of hydrogen-bond acceptors (Lipinski definition) is 3. The summed E-state index contributed by atoms with van der Waals surface area (Å²) in [5.41, 5.74) is 1.57. The van der Waals surface area contributed by atoms with Crippen LogP contribution in [-0.4, -0.2) is 15.0 Å². The summed E-state index contributed by atoms with van der Waals surface area (Å²) < 4.78 is 0.488. The average Bonchev–Trinajstić information content (AvgIpc) is 2.27. The van der Waals surface area contributed by atoms with E-state index in [1.807, 2.05) is 12.1 Å². The summed E-state index contributed by atoms with van der Waals surface area (Å²) in [6.45, 7) is 1.80. The van der Waals surface area contributed by atoms with Gasteiger partial charge in [0.1, 0.15) is 10.3 Å². The maximum atomic E-state index is 11.5. The third kappa shape index (κ3) is 2.36. The molecule has 2 rings (SSSR count). The number of hydrogen-bond donors (Lipinski definition) is 1. The number of pyridine rings is 1. The van der Waals surface area contributed by atoms with Gasteiger partial charge in [0.25, 0.3) is 5.56 Å². The Balaban J connectivity index is 2.33. The van der Waals surface area contributed by atoms with Crippen molar-refractivity contribution in [2.75, 3.05) is 0 Å². The molecular formula is C11H10BrN3O. The molecule has 0 unspecified atom stereocenters. The Morgan fingerprint density at radius 3 is 2.94 bits per heavy atom. The standard InChI is InChI=1S/C11H10BrN3O/c1-7-10(12)11(16)15-9(14-7)5-8-3-2-4-13-6-8/h2-4,6H,5H2,1H3,(H,14,15,16). The van der Waals surface area contributed by atoms with E-state index in [2.05, 4.69) is 30.9 Å². The van der Waals surface area contributed by atoms with Crippen LogP contribution in [0.5, 0.6) is 0 Å². The smallest absolute Gasteiger partial charge is 0.265 e. The Morgan fingerprint density at radius 1 is 1.50 bits per heavy atom. The number of nitrogens with zero attached hydrogens (tertiary/aromatic N) is 2. The Kier molecular flexibility index (Phi) is 3.14. The third-order valence-electron chi connectivity index (χ3n) is 2.17. The number of H-pyrrole nitrogens is 1. The predicted octanol–water partition coefficient (Wildman–Crippen LogP) is 1.83. The molecule has 2 aromatic rings. The van der Waals surface area contributed by atoms with Crippen molar-refractivity contribution >= 4 is 15.9 Å². The highest BCUT2D eigenvalue weighted by Crippen LogP contribution is 2.09. The molecule has 0 aliphatic rings. The second-order valence-corrected chi connectivity index (χ2v) is 4.24. The predicted molar refractivity (Wildman–Crippen MR) is 64.3 cm³/mol. The van der Waals surface area contributed by atoms with E-state index in [0.717, 1.165) is 5.56 Å². The van der Waals surface area contributed by atoms with E-state index in [-0.39, 0.29) is 5.56 Å². The quantitative estimate of drug-likeness (QED) is 0.913. The monoisotopic (exact) mass is 279 g/mol. The molecule has 0 bridgehead atoms. The summed E-state index contributed by atoms with van der Waals surface area (Å²) in [5.74, 6) is 0.652. The molecule has 16 heavy (non-hydrogen) atoms. The molecule has 1 N–H and O–H groups in total. The van der Waals surface area contributed by atoms with Gasteiger partial charge in [0.15, 0.2) is 0 Å². The molecule has 0 saturated carbocycles. The van der Waals surface area contributed by atoms with Crippen LogP contribution in [0.15, 0.2) is 33.8 Å². The molecular weight excluding hydrogens is 270 g/mol. The number of rotatable bonds is 2. The summed E-state index contributed by atoms with van der Waals surface area (Å²) in [5, 5.41) is 0. The molecule has 2 heterocycles. The van der Waals surface area contributed by atoms with E-state index in [1.54, 1.807) is 19.3 Å². The fourth-order valence-corrected chi connectivity index (χ4v) is 1.60. The Hall–Kier alpha value is -1.49. The number of aromatic amines is 1. The minimum absolute atomic E-state index is 0.147. The lowest BCUT2D eigenvalue weighted by molar-refractivity contribution is 0.907. The molecule has 0 fully saturated rings. The van der Waals surface area contributed by atoms with Crippen molar-refractivity contribution in [2.24, 2.45) is 0 Å². The first-order chi connectivity index (χ1) is 7.66. The molecule has 0 amide bonds. The van der Waals surface area contributed by atoms with Crippen LogP contribution in [0.3, 0.4) is 0 Å². The first-order valence-electron chi connectivity index (χ1n) is 4.81. The highest BCUT2D eigenvalue weighted by molar-refractivity contribution is 9.10. The van der Waals surface area contributed by atoms with Crippen molar-refractivity contribution in [1.82, 2.24) is 15.0 Å². The summed E-state index contributed by atoms with van der Waals surface area (Å²) in [4.78, 5) is 22.5. The van der Waals surface area contributed by atoms with E-state index in [0.29, 0.717) is 22.4 Å². The van der Waals surface area contributed by atoms with E-state index in [9.17, 15) is 4.79 Å². The molecule has 0 saturated heterocycles. The van der Waals surface area contributed by atoms with Gasteiger partial charge in [-0.15, -0.1) is 0 Å². The summed E-state index contributed by atoms with van der Waals surface area (Å²) >= 11 is 3.18. The summed E-state index contributed by atoms with van der Waals surface area (Å²) in [6.07, 6.45) is 4.06. The first-order valence-corrected chi connectivity index (χ1v) is 5.60. The van der Waals surface area contributed by atoms with Crippen LogP contribution in [0, 0.1) is 6.92 Å². The van der Waals surface area contributed by atoms with Crippen molar-refractivity contribution in [1.29, 1.82) is 0 Å². The second-order valence-electron chi connectivity index (χ2n) is 3.45. The van der Waals surface area contributed by atoms with Gasteiger partial charge in [0.05, 0.1) is 5.69 Å². The number of halogens is 1. The van der Waals surface area contributed by atoms with Gasteiger partial charge in [0, 0.05) is 18.8 Å². The van der Waals surface area contributed by atoms with Crippen molar-refractivity contribution in [3.63, 3.8) is 0 Å². The fourth-order valence-electron chi connectivity index (χ4n) is 1.41. The van der Waals surface area contributed by atoms with Gasteiger partial charge in [-0.1, -0.05) is 6.07 Å². The van der Waals surface area contributed by atoms with Crippen LogP contribution in [0.2, 0.25) is 0 Å². The SMILES string of the molecule is Cc1nc(Cc2cccnc2)[nH]c(=O)c1Br. The lowest BCUT2D eigenvalue weighted by Gasteiger charge is -2.03. The second kappa shape index (κ2) is 4.57. The highest BCUT2D eigenvalue weighted by atomic mass is 79.9. The lowest BCUT2D eigenvalue weighted by atomic mass is 10.2. The average molecular weight is 280 g/mol. The van der Waals surface area contributed by atoms with Crippen LogP contribution in [0.25, 0.3) is 0 Å². The normalized spacial score (nSPS) is 10.4. The zero-order chi connectivity index (χ0) is 11.5. The molecule has 0 radical (unpaired) electrons. The number of nitrogens with one attached hydrogen (secondary N) is 1. The molecule has 82 valence electrons.